The van der Waals surface area contributed by atoms with Gasteiger partial charge in [0.15, 0.2) is 0 Å². The first-order valence-corrected chi connectivity index (χ1v) is 7.34. The highest BCUT2D eigenvalue weighted by atomic mass is 79.9. The maximum absolute atomic E-state index is 12.1. The van der Waals surface area contributed by atoms with Crippen LogP contribution >= 0.6 is 15.9 Å². The first-order chi connectivity index (χ1) is 9.58. The SMILES string of the molecule is O=C(O)[C@@H]1CCCCN1C(=O)C=Cc1cccc(Br)c1. The fourth-order valence-corrected chi connectivity index (χ4v) is 2.74. The normalized spacial score (nSPS) is 19.2. The van der Waals surface area contributed by atoms with Crippen molar-refractivity contribution in [3.63, 3.8) is 0 Å². The molecule has 1 amide bonds. The number of aliphatic carboxylic acids is 1. The van der Waals surface area contributed by atoms with Crippen molar-refractivity contribution >= 4 is 33.9 Å². The molecule has 106 valence electrons. The number of rotatable bonds is 3. The molecule has 5 heteroatoms. The molecule has 0 spiro atoms. The fraction of sp³-hybridized carbons (Fsp3) is 0.333. The Labute approximate surface area is 126 Å². The van der Waals surface area contributed by atoms with E-state index in [4.69, 9.17) is 5.11 Å². The van der Waals surface area contributed by atoms with Gasteiger partial charge >= 0.3 is 5.97 Å². The van der Waals surface area contributed by atoms with E-state index in [0.29, 0.717) is 13.0 Å². The van der Waals surface area contributed by atoms with E-state index in [1.54, 1.807) is 6.08 Å². The minimum atomic E-state index is -0.922. The van der Waals surface area contributed by atoms with E-state index in [-0.39, 0.29) is 5.91 Å². The second kappa shape index (κ2) is 6.70. The van der Waals surface area contributed by atoms with E-state index in [1.165, 1.54) is 11.0 Å². The van der Waals surface area contributed by atoms with E-state index in [2.05, 4.69) is 15.9 Å². The van der Waals surface area contributed by atoms with Crippen LogP contribution in [0, 0.1) is 0 Å². The number of likely N-dealkylation sites (tertiary alicyclic amines) is 1. The number of piperidine rings is 1. The van der Waals surface area contributed by atoms with Crippen LogP contribution in [0.5, 0.6) is 0 Å². The molecule has 0 aromatic heterocycles. The first kappa shape index (κ1) is 14.8. The van der Waals surface area contributed by atoms with Crippen molar-refractivity contribution in [3.05, 3.63) is 40.4 Å². The zero-order chi connectivity index (χ0) is 14.5. The molecule has 2 rings (SSSR count). The van der Waals surface area contributed by atoms with Crippen LogP contribution in [0.2, 0.25) is 0 Å². The number of carbonyl (C=O) groups excluding carboxylic acids is 1. The van der Waals surface area contributed by atoms with Crippen molar-refractivity contribution < 1.29 is 14.7 Å². The van der Waals surface area contributed by atoms with Gasteiger partial charge in [-0.05, 0) is 43.0 Å². The van der Waals surface area contributed by atoms with Crippen LogP contribution in [0.1, 0.15) is 24.8 Å². The van der Waals surface area contributed by atoms with Crippen molar-refractivity contribution in [2.75, 3.05) is 6.54 Å². The predicted molar refractivity (Wildman–Crippen MR) is 80.2 cm³/mol. The van der Waals surface area contributed by atoms with Crippen molar-refractivity contribution in [1.29, 1.82) is 0 Å². The second-order valence-electron chi connectivity index (χ2n) is 4.77. The number of nitrogens with zero attached hydrogens (tertiary/aromatic N) is 1. The molecule has 1 aromatic carbocycles. The topological polar surface area (TPSA) is 57.6 Å². The lowest BCUT2D eigenvalue weighted by Crippen LogP contribution is -2.47. The number of carboxylic acids is 1. The summed E-state index contributed by atoms with van der Waals surface area (Å²) in [5.74, 6) is -1.16. The summed E-state index contributed by atoms with van der Waals surface area (Å²) >= 11 is 3.37. The highest BCUT2D eigenvalue weighted by Crippen LogP contribution is 2.18. The summed E-state index contributed by atoms with van der Waals surface area (Å²) in [5, 5.41) is 9.16. The number of halogens is 1. The lowest BCUT2D eigenvalue weighted by atomic mass is 10.0. The Balaban J connectivity index is 2.08. The third-order valence-corrected chi connectivity index (χ3v) is 3.83. The minimum absolute atomic E-state index is 0.239. The fourth-order valence-electron chi connectivity index (χ4n) is 2.33. The number of hydrogen-bond acceptors (Lipinski definition) is 2. The summed E-state index contributed by atoms with van der Waals surface area (Å²) in [5.41, 5.74) is 0.900. The van der Waals surface area contributed by atoms with Gasteiger partial charge in [0, 0.05) is 17.1 Å². The molecule has 1 atom stereocenters. The molecule has 1 heterocycles. The van der Waals surface area contributed by atoms with Crippen LogP contribution in [0.4, 0.5) is 0 Å². The molecule has 0 aliphatic carbocycles. The van der Waals surface area contributed by atoms with E-state index >= 15 is 0 Å². The van der Waals surface area contributed by atoms with Gasteiger partial charge in [0.2, 0.25) is 5.91 Å². The van der Waals surface area contributed by atoms with Gasteiger partial charge in [-0.15, -0.1) is 0 Å². The van der Waals surface area contributed by atoms with Crippen LogP contribution in [0.3, 0.4) is 0 Å². The first-order valence-electron chi connectivity index (χ1n) is 6.55. The number of hydrogen-bond donors (Lipinski definition) is 1. The minimum Gasteiger partial charge on any atom is -0.480 e. The third-order valence-electron chi connectivity index (χ3n) is 3.34. The zero-order valence-corrected chi connectivity index (χ0v) is 12.5. The molecule has 1 saturated heterocycles. The van der Waals surface area contributed by atoms with Gasteiger partial charge in [0.1, 0.15) is 6.04 Å². The summed E-state index contributed by atoms with van der Waals surface area (Å²) < 4.78 is 0.938. The maximum atomic E-state index is 12.1. The predicted octanol–water partition coefficient (Wildman–Crippen LogP) is 2.93. The maximum Gasteiger partial charge on any atom is 0.326 e. The van der Waals surface area contributed by atoms with Crippen LogP contribution in [-0.2, 0) is 9.59 Å². The monoisotopic (exact) mass is 337 g/mol. The molecule has 4 nitrogen and oxygen atoms in total. The Hall–Kier alpha value is -1.62. The molecular formula is C15H16BrNO3. The summed E-state index contributed by atoms with van der Waals surface area (Å²) in [6.45, 7) is 0.513. The number of amides is 1. The van der Waals surface area contributed by atoms with Crippen LogP contribution in [0.25, 0.3) is 6.08 Å². The van der Waals surface area contributed by atoms with Crippen LogP contribution in [-0.4, -0.2) is 34.5 Å². The summed E-state index contributed by atoms with van der Waals surface area (Å²) in [6, 6.07) is 6.89. The van der Waals surface area contributed by atoms with Gasteiger partial charge in [0.05, 0.1) is 0 Å². The molecule has 0 radical (unpaired) electrons. The van der Waals surface area contributed by atoms with E-state index in [1.807, 2.05) is 24.3 Å². The smallest absolute Gasteiger partial charge is 0.326 e. The van der Waals surface area contributed by atoms with Crippen LogP contribution < -0.4 is 0 Å². The molecular weight excluding hydrogens is 322 g/mol. The van der Waals surface area contributed by atoms with E-state index in [0.717, 1.165) is 22.9 Å². The third kappa shape index (κ3) is 3.70. The molecule has 0 unspecified atom stereocenters. The average molecular weight is 338 g/mol. The van der Waals surface area contributed by atoms with Crippen LogP contribution in [0.15, 0.2) is 34.8 Å². The molecule has 0 saturated carbocycles. The Morgan fingerprint density at radius 2 is 2.15 bits per heavy atom. The van der Waals surface area contributed by atoms with Gasteiger partial charge in [0.25, 0.3) is 0 Å². The van der Waals surface area contributed by atoms with Gasteiger partial charge in [-0.3, -0.25) is 4.79 Å². The molecule has 1 aliphatic heterocycles. The lowest BCUT2D eigenvalue weighted by molar-refractivity contribution is -0.150. The average Bonchev–Trinajstić information content (AvgIpc) is 2.45. The highest BCUT2D eigenvalue weighted by molar-refractivity contribution is 9.10. The van der Waals surface area contributed by atoms with Gasteiger partial charge in [-0.25, -0.2) is 4.79 Å². The van der Waals surface area contributed by atoms with Gasteiger partial charge < -0.3 is 10.0 Å². The molecule has 20 heavy (non-hydrogen) atoms. The number of carbonyl (C=O) groups is 2. The van der Waals surface area contributed by atoms with Gasteiger partial charge in [-0.1, -0.05) is 28.1 Å². The molecule has 0 bridgehead atoms. The van der Waals surface area contributed by atoms with Crippen molar-refractivity contribution in [2.24, 2.45) is 0 Å². The van der Waals surface area contributed by atoms with Gasteiger partial charge in [-0.2, -0.15) is 0 Å². The van der Waals surface area contributed by atoms with E-state index < -0.39 is 12.0 Å². The zero-order valence-electron chi connectivity index (χ0n) is 11.0. The number of benzene rings is 1. The molecule has 1 aliphatic rings. The summed E-state index contributed by atoms with van der Waals surface area (Å²) in [4.78, 5) is 24.7. The Morgan fingerprint density at radius 3 is 2.85 bits per heavy atom. The highest BCUT2D eigenvalue weighted by Gasteiger charge is 2.30. The second-order valence-corrected chi connectivity index (χ2v) is 5.69. The van der Waals surface area contributed by atoms with Crippen molar-refractivity contribution in [3.8, 4) is 0 Å². The summed E-state index contributed by atoms with van der Waals surface area (Å²) in [6.07, 6.45) is 5.41. The Kier molecular flexibility index (Phi) is 4.95. The number of carboxylic acid groups (broad SMARTS) is 1. The molecule has 1 N–H and O–H groups in total. The standard InChI is InChI=1S/C15H16BrNO3/c16-12-5-3-4-11(10-12)7-8-14(18)17-9-2-1-6-13(17)15(19)20/h3-5,7-8,10,13H,1-2,6,9H2,(H,19,20)/t13-/m0/s1. The Bertz CT molecular complexity index is 542. The van der Waals surface area contributed by atoms with Crippen molar-refractivity contribution in [2.45, 2.75) is 25.3 Å². The molecule has 1 fully saturated rings. The largest absolute Gasteiger partial charge is 0.480 e. The lowest BCUT2D eigenvalue weighted by Gasteiger charge is -2.32. The quantitative estimate of drug-likeness (QED) is 0.862. The molecule has 1 aromatic rings. The Morgan fingerprint density at radius 1 is 1.35 bits per heavy atom. The van der Waals surface area contributed by atoms with E-state index in [9.17, 15) is 9.59 Å². The van der Waals surface area contributed by atoms with Crippen molar-refractivity contribution in [1.82, 2.24) is 4.90 Å². The summed E-state index contributed by atoms with van der Waals surface area (Å²) in [7, 11) is 0.